The first kappa shape index (κ1) is 37.1. The number of halogens is 1. The molecular weight excluding hydrogens is 674 g/mol. The number of fused-ring (bicyclic) bond motifs is 1. The number of anilines is 1. The molecule has 3 aromatic rings. The van der Waals surface area contributed by atoms with Crippen LogP contribution in [-0.2, 0) is 21.1 Å². The fourth-order valence-electron chi connectivity index (χ4n) is 6.01. The van der Waals surface area contributed by atoms with Crippen molar-refractivity contribution in [1.82, 2.24) is 5.01 Å². The van der Waals surface area contributed by atoms with Crippen molar-refractivity contribution in [2.45, 2.75) is 99.9 Å². The lowest BCUT2D eigenvalue weighted by Crippen LogP contribution is -2.37. The van der Waals surface area contributed by atoms with E-state index in [1.165, 1.54) is 68.5 Å². The minimum Gasteiger partial charge on any atom is -0.508 e. The molecule has 0 aromatic heterocycles. The number of aromatic hydroxyl groups is 1. The van der Waals surface area contributed by atoms with Crippen LogP contribution in [0.25, 0.3) is 0 Å². The van der Waals surface area contributed by atoms with E-state index in [0.29, 0.717) is 17.9 Å². The maximum atomic E-state index is 13.5. The van der Waals surface area contributed by atoms with Gasteiger partial charge in [0.05, 0.1) is 32.5 Å². The number of amides is 1. The van der Waals surface area contributed by atoms with Crippen molar-refractivity contribution in [1.29, 1.82) is 0 Å². The van der Waals surface area contributed by atoms with Gasteiger partial charge in [0.15, 0.2) is 6.10 Å². The number of benzene rings is 3. The number of nitrogens with one attached hydrogen (secondary N) is 1. The highest BCUT2D eigenvalue weighted by Gasteiger charge is 2.47. The van der Waals surface area contributed by atoms with Crippen molar-refractivity contribution in [3.05, 3.63) is 102 Å². The van der Waals surface area contributed by atoms with Crippen LogP contribution in [0.1, 0.15) is 83.1 Å². The summed E-state index contributed by atoms with van der Waals surface area (Å²) in [5.41, 5.74) is 3.59. The van der Waals surface area contributed by atoms with Crippen LogP contribution >= 0.6 is 11.8 Å². The van der Waals surface area contributed by atoms with E-state index in [2.05, 4.69) is 22.6 Å². The van der Waals surface area contributed by atoms with Crippen molar-refractivity contribution >= 4 is 33.2 Å². The van der Waals surface area contributed by atoms with Crippen LogP contribution in [0.5, 0.6) is 11.5 Å². The van der Waals surface area contributed by atoms with Gasteiger partial charge in [0.2, 0.25) is 27.3 Å². The highest BCUT2D eigenvalue weighted by molar-refractivity contribution is 7.91. The van der Waals surface area contributed by atoms with Crippen LogP contribution in [0.2, 0.25) is 0 Å². The normalized spacial score (nSPS) is 17.3. The average Bonchev–Trinajstić information content (AvgIpc) is 3.60. The average molecular weight is 721 g/mol. The van der Waals surface area contributed by atoms with Gasteiger partial charge in [0.1, 0.15) is 17.2 Å². The lowest BCUT2D eigenvalue weighted by atomic mass is 10.0. The van der Waals surface area contributed by atoms with E-state index in [1.807, 2.05) is 43.6 Å². The van der Waals surface area contributed by atoms with Gasteiger partial charge in [-0.25, -0.2) is 8.42 Å². The molecule has 266 valence electrons. The number of carbonyl (C=O) groups excluding carboxylic acids is 1. The maximum absolute atomic E-state index is 13.5. The van der Waals surface area contributed by atoms with E-state index in [4.69, 9.17) is 16.5 Å². The molecule has 2 atom stereocenters. The lowest BCUT2D eigenvalue weighted by molar-refractivity contribution is -0.888. The summed E-state index contributed by atoms with van der Waals surface area (Å²) in [5, 5.41) is 22.8. The first-order valence-electron chi connectivity index (χ1n) is 17.5. The van der Waals surface area contributed by atoms with E-state index in [9.17, 15) is 18.3 Å². The van der Waals surface area contributed by atoms with Gasteiger partial charge in [-0.3, -0.25) is 4.79 Å². The summed E-state index contributed by atoms with van der Waals surface area (Å²) < 4.78 is 32.2. The number of quaternary nitrogens is 1. The molecule has 10 nitrogen and oxygen atoms in total. The molecule has 2 aliphatic heterocycles. The van der Waals surface area contributed by atoms with E-state index >= 15 is 0 Å². The number of sulfone groups is 1. The molecule has 1 amide bonds. The quantitative estimate of drug-likeness (QED) is 0.0941. The van der Waals surface area contributed by atoms with Crippen molar-refractivity contribution in [2.75, 3.05) is 12.4 Å². The highest BCUT2D eigenvalue weighted by atomic mass is 35.5. The van der Waals surface area contributed by atoms with Crippen molar-refractivity contribution in [3.8, 4) is 11.5 Å². The fourth-order valence-corrected chi connectivity index (χ4v) is 7.51. The summed E-state index contributed by atoms with van der Waals surface area (Å²) >= 11 is 6.56. The molecule has 0 fully saturated rings. The van der Waals surface area contributed by atoms with Crippen LogP contribution < -0.4 is 10.1 Å². The third kappa shape index (κ3) is 9.32. The SMILES string of the molecule is CCCCCCCCCCC(Oc1ccc(S(=O)(=O)c2ccc(O)cc2)cc1)C(=O)Nc1ccc(CCCC2=C3C=CN(C)[N+]3(Cl)N=N2)cc1. The van der Waals surface area contributed by atoms with Crippen molar-refractivity contribution in [2.24, 2.45) is 10.3 Å². The Morgan fingerprint density at radius 3 is 2.16 bits per heavy atom. The van der Waals surface area contributed by atoms with E-state index in [0.717, 1.165) is 55.5 Å². The predicted molar refractivity (Wildman–Crippen MR) is 195 cm³/mol. The van der Waals surface area contributed by atoms with Crippen LogP contribution in [0.15, 0.2) is 117 Å². The Labute approximate surface area is 300 Å². The Bertz CT molecular complexity index is 1790. The summed E-state index contributed by atoms with van der Waals surface area (Å²) in [6, 6.07) is 19.3. The van der Waals surface area contributed by atoms with Crippen LogP contribution in [0.3, 0.4) is 0 Å². The number of rotatable bonds is 19. The molecule has 2 aliphatic rings. The zero-order valence-corrected chi connectivity index (χ0v) is 30.4. The van der Waals surface area contributed by atoms with E-state index < -0.39 is 15.9 Å². The van der Waals surface area contributed by atoms with Crippen molar-refractivity contribution in [3.63, 3.8) is 0 Å². The molecule has 2 heterocycles. The zero-order chi connectivity index (χ0) is 35.6. The number of aryl methyl sites for hydroxylation is 1. The number of ether oxygens (including phenoxy) is 1. The van der Waals surface area contributed by atoms with Gasteiger partial charge >= 0.3 is 0 Å². The highest BCUT2D eigenvalue weighted by Crippen LogP contribution is 2.41. The lowest BCUT2D eigenvalue weighted by Gasteiger charge is -2.19. The molecule has 2 N–H and O–H groups in total. The number of hydrogen-bond acceptors (Lipinski definition) is 8. The van der Waals surface area contributed by atoms with E-state index in [1.54, 1.807) is 17.1 Å². The largest absolute Gasteiger partial charge is 0.508 e. The Morgan fingerprint density at radius 2 is 1.50 bits per heavy atom. The molecule has 0 aliphatic carbocycles. The summed E-state index contributed by atoms with van der Waals surface area (Å²) in [7, 11) is -1.92. The fraction of sp³-hybridized carbons (Fsp3) is 0.395. The molecule has 50 heavy (non-hydrogen) atoms. The molecule has 0 bridgehead atoms. The number of unbranched alkanes of at least 4 members (excludes halogenated alkanes) is 7. The first-order chi connectivity index (χ1) is 24.1. The Hall–Kier alpha value is -4.19. The number of carbonyl (C=O) groups is 1. The van der Waals surface area contributed by atoms with Crippen LogP contribution in [0, 0.1) is 0 Å². The van der Waals surface area contributed by atoms with Gasteiger partial charge in [-0.05, 0) is 98.3 Å². The Kier molecular flexibility index (Phi) is 12.7. The second-order valence-corrected chi connectivity index (χ2v) is 15.2. The second kappa shape index (κ2) is 17.2. The van der Waals surface area contributed by atoms with Gasteiger partial charge in [-0.1, -0.05) is 69.1 Å². The van der Waals surface area contributed by atoms with Gasteiger partial charge in [0.25, 0.3) is 5.91 Å². The second-order valence-electron chi connectivity index (χ2n) is 12.8. The summed E-state index contributed by atoms with van der Waals surface area (Å²) in [5.74, 6) is 0.149. The van der Waals surface area contributed by atoms with Gasteiger partial charge in [-0.15, -0.1) is 0 Å². The smallest absolute Gasteiger partial charge is 0.265 e. The van der Waals surface area contributed by atoms with Gasteiger partial charge < -0.3 is 15.2 Å². The summed E-state index contributed by atoms with van der Waals surface area (Å²) in [6.45, 7) is 2.21. The number of allylic oxidation sites excluding steroid dienone is 2. The number of nitrogens with zero attached hydrogens (tertiary/aromatic N) is 4. The molecular formula is C38H47ClN5O5S+. The minimum absolute atomic E-state index is 0.00989. The van der Waals surface area contributed by atoms with Crippen LogP contribution in [-0.4, -0.2) is 41.8 Å². The molecule has 0 saturated heterocycles. The number of hydrogen-bond donors (Lipinski definition) is 2. The molecule has 3 aromatic carbocycles. The monoisotopic (exact) mass is 720 g/mol. The molecule has 0 saturated carbocycles. The van der Waals surface area contributed by atoms with Gasteiger partial charge in [-0.2, -0.15) is 5.01 Å². The minimum atomic E-state index is -3.78. The Morgan fingerprint density at radius 1 is 0.880 bits per heavy atom. The topological polar surface area (TPSA) is 121 Å². The number of phenolic OH excluding ortho intramolecular Hbond substituents is 1. The molecule has 0 radical (unpaired) electrons. The standard InChI is InChI=1S/C38H46ClN5O5S/c1-3-4-5-6-7-8-9-10-14-37(49-32-21-25-34(26-22-32)50(47,48)33-23-19-31(45)20-24-33)38(46)40-30-17-15-29(16-18-30)12-11-13-35-36-27-28-43(2)44(36,39)42-41-35/h15-28,37H,3-14H2,1-2H3,(H-,40,45,46)/p+1. The van der Waals surface area contributed by atoms with Gasteiger partial charge in [0, 0.05) is 11.8 Å². The van der Waals surface area contributed by atoms with E-state index in [-0.39, 0.29) is 25.7 Å². The first-order valence-corrected chi connectivity index (χ1v) is 19.3. The zero-order valence-electron chi connectivity index (χ0n) is 28.8. The molecule has 2 unspecified atom stereocenters. The maximum Gasteiger partial charge on any atom is 0.265 e. The number of phenols is 1. The summed E-state index contributed by atoms with van der Waals surface area (Å²) in [6.07, 6.45) is 15.2. The molecule has 12 heteroatoms. The third-order valence-corrected chi connectivity index (χ3v) is 11.3. The Balaban J connectivity index is 1.17. The molecule has 0 spiro atoms. The van der Waals surface area contributed by atoms with Crippen LogP contribution in [0.4, 0.5) is 5.69 Å². The third-order valence-electron chi connectivity index (χ3n) is 9.02. The van der Waals surface area contributed by atoms with Crippen molar-refractivity contribution < 1.29 is 27.3 Å². The summed E-state index contributed by atoms with van der Waals surface area (Å²) in [4.78, 5) is 13.7. The predicted octanol–water partition coefficient (Wildman–Crippen LogP) is 9.40. The molecule has 5 rings (SSSR count).